The van der Waals surface area contributed by atoms with Crippen LogP contribution in [0.25, 0.3) is 0 Å². The van der Waals surface area contributed by atoms with Gasteiger partial charge in [-0.3, -0.25) is 0 Å². The molecule has 2 fully saturated rings. The fraction of sp³-hybridized carbons (Fsp3) is 0.576. The Hall–Kier alpha value is -2.16. The Morgan fingerprint density at radius 3 is 2.17 bits per heavy atom. The van der Waals surface area contributed by atoms with E-state index in [4.69, 9.17) is 4.74 Å². The molecule has 4 rings (SSSR count). The van der Waals surface area contributed by atoms with E-state index >= 15 is 0 Å². The molecule has 0 aliphatic heterocycles. The maximum atomic E-state index is 14.6. The van der Waals surface area contributed by atoms with Crippen LogP contribution in [0.3, 0.4) is 0 Å². The van der Waals surface area contributed by atoms with Gasteiger partial charge in [0.05, 0.1) is 6.61 Å². The Morgan fingerprint density at radius 1 is 0.806 bits per heavy atom. The molecule has 3 heteroatoms. The van der Waals surface area contributed by atoms with Gasteiger partial charge in [-0.25, -0.2) is 4.39 Å². The average Bonchev–Trinajstić information content (AvgIpc) is 2.91. The third-order valence-corrected chi connectivity index (χ3v) is 8.57. The lowest BCUT2D eigenvalue weighted by Gasteiger charge is -2.29. The maximum Gasteiger partial charge on any atom is 0.200 e. The third kappa shape index (κ3) is 6.99. The number of allylic oxidation sites excluding steroid dienone is 2. The Balaban J connectivity index is 1.15. The summed E-state index contributed by atoms with van der Waals surface area (Å²) in [6.45, 7) is 4.36. The van der Waals surface area contributed by atoms with E-state index in [0.29, 0.717) is 18.1 Å². The first-order valence-corrected chi connectivity index (χ1v) is 14.4. The van der Waals surface area contributed by atoms with Gasteiger partial charge in [-0.15, -0.1) is 0 Å². The Labute approximate surface area is 217 Å². The molecule has 2 aromatic rings. The minimum atomic E-state index is -0.833. The maximum absolute atomic E-state index is 14.6. The second-order valence-electron chi connectivity index (χ2n) is 11.0. The lowest BCUT2D eigenvalue weighted by molar-refractivity contribution is 0.297. The largest absolute Gasteiger partial charge is 0.491 e. The van der Waals surface area contributed by atoms with Gasteiger partial charge in [0, 0.05) is 0 Å². The summed E-state index contributed by atoms with van der Waals surface area (Å²) in [7, 11) is 0. The zero-order chi connectivity index (χ0) is 25.3. The van der Waals surface area contributed by atoms with Crippen molar-refractivity contribution in [2.45, 2.75) is 103 Å². The molecule has 2 aliphatic rings. The molecule has 36 heavy (non-hydrogen) atoms. The highest BCUT2D eigenvalue weighted by molar-refractivity contribution is 5.33. The minimum absolute atomic E-state index is 0.0220. The molecule has 2 aliphatic carbocycles. The normalized spacial score (nSPS) is 24.8. The van der Waals surface area contributed by atoms with Crippen LogP contribution in [0.2, 0.25) is 0 Å². The van der Waals surface area contributed by atoms with Crippen molar-refractivity contribution in [2.75, 3.05) is 6.61 Å². The van der Waals surface area contributed by atoms with Crippen molar-refractivity contribution < 1.29 is 13.5 Å². The second-order valence-corrected chi connectivity index (χ2v) is 11.0. The van der Waals surface area contributed by atoms with Crippen LogP contribution < -0.4 is 4.74 Å². The standard InChI is InChI=1S/C33H44F2O/c1-3-7-24-10-16-27(17-11-24)28-18-12-25(13-19-28)8-5-6-9-26-14-20-29(21-15-26)30-22-23-31(36-4-2)33(35)32(30)34/h5,8,10-11,16-17,22-23,25-26,28-29H,3-4,6-7,9,12-15,18-21H2,1-2H3/b8-5+. The molecule has 196 valence electrons. The van der Waals surface area contributed by atoms with Gasteiger partial charge in [-0.05, 0) is 124 Å². The molecule has 0 saturated heterocycles. The van der Waals surface area contributed by atoms with Crippen molar-refractivity contribution in [3.63, 3.8) is 0 Å². The van der Waals surface area contributed by atoms with Gasteiger partial charge in [-0.2, -0.15) is 4.39 Å². The fourth-order valence-corrected chi connectivity index (χ4v) is 6.40. The fourth-order valence-electron chi connectivity index (χ4n) is 6.40. The van der Waals surface area contributed by atoms with Gasteiger partial charge >= 0.3 is 0 Å². The molecule has 0 atom stereocenters. The van der Waals surface area contributed by atoms with Crippen LogP contribution in [0.5, 0.6) is 5.75 Å². The third-order valence-electron chi connectivity index (χ3n) is 8.57. The number of benzene rings is 2. The molecule has 1 nitrogen and oxygen atoms in total. The highest BCUT2D eigenvalue weighted by atomic mass is 19.2. The number of halogens is 2. The van der Waals surface area contributed by atoms with Gasteiger partial charge in [0.15, 0.2) is 11.6 Å². The predicted octanol–water partition coefficient (Wildman–Crippen LogP) is 9.90. The molecular weight excluding hydrogens is 450 g/mol. The first-order valence-electron chi connectivity index (χ1n) is 14.4. The number of hydrogen-bond donors (Lipinski definition) is 0. The first kappa shape index (κ1) is 26.9. The minimum Gasteiger partial charge on any atom is -0.491 e. The van der Waals surface area contributed by atoms with Crippen LogP contribution in [0.1, 0.15) is 113 Å². The highest BCUT2D eigenvalue weighted by Gasteiger charge is 2.26. The van der Waals surface area contributed by atoms with Crippen molar-refractivity contribution in [2.24, 2.45) is 11.8 Å². The van der Waals surface area contributed by atoms with Crippen LogP contribution in [0.15, 0.2) is 48.6 Å². The summed E-state index contributed by atoms with van der Waals surface area (Å²) >= 11 is 0. The molecule has 0 spiro atoms. The molecule has 2 saturated carbocycles. The van der Waals surface area contributed by atoms with E-state index in [9.17, 15) is 8.78 Å². The smallest absolute Gasteiger partial charge is 0.200 e. The van der Waals surface area contributed by atoms with Crippen LogP contribution in [-0.4, -0.2) is 6.61 Å². The molecule has 0 heterocycles. The number of ether oxygens (including phenoxy) is 1. The van der Waals surface area contributed by atoms with E-state index in [-0.39, 0.29) is 11.7 Å². The van der Waals surface area contributed by atoms with Crippen molar-refractivity contribution in [3.8, 4) is 5.75 Å². The molecule has 0 aromatic heterocycles. The molecule has 0 unspecified atom stereocenters. The SMILES string of the molecule is CCCc1ccc(C2CCC(/C=C/CCC3CCC(c4ccc(OCC)c(F)c4F)CC3)CC2)cc1. The van der Waals surface area contributed by atoms with Gasteiger partial charge in [0.1, 0.15) is 0 Å². The van der Waals surface area contributed by atoms with Crippen molar-refractivity contribution >= 4 is 0 Å². The first-order chi connectivity index (χ1) is 17.6. The predicted molar refractivity (Wildman–Crippen MR) is 146 cm³/mol. The summed E-state index contributed by atoms with van der Waals surface area (Å²) in [5, 5.41) is 0. The van der Waals surface area contributed by atoms with Crippen LogP contribution in [0.4, 0.5) is 8.78 Å². The lowest BCUT2D eigenvalue weighted by Crippen LogP contribution is -2.15. The Kier molecular flexibility index (Phi) is 10.0. The summed E-state index contributed by atoms with van der Waals surface area (Å²) in [6, 6.07) is 12.7. The topological polar surface area (TPSA) is 9.23 Å². The van der Waals surface area contributed by atoms with Gasteiger partial charge in [0.25, 0.3) is 0 Å². The van der Waals surface area contributed by atoms with Crippen molar-refractivity contribution in [3.05, 3.63) is 76.9 Å². The van der Waals surface area contributed by atoms with Crippen LogP contribution in [0, 0.1) is 23.5 Å². The molecule has 0 bridgehead atoms. The molecule has 0 radical (unpaired) electrons. The second kappa shape index (κ2) is 13.4. The van der Waals surface area contributed by atoms with Crippen LogP contribution >= 0.6 is 0 Å². The van der Waals surface area contributed by atoms with Gasteiger partial charge < -0.3 is 4.74 Å². The highest BCUT2D eigenvalue weighted by Crippen LogP contribution is 2.40. The van der Waals surface area contributed by atoms with E-state index < -0.39 is 11.6 Å². The average molecular weight is 495 g/mol. The zero-order valence-corrected chi connectivity index (χ0v) is 22.3. The van der Waals surface area contributed by atoms with E-state index in [2.05, 4.69) is 43.3 Å². The molecular formula is C33H44F2O. The van der Waals surface area contributed by atoms with Crippen molar-refractivity contribution in [1.29, 1.82) is 0 Å². The zero-order valence-electron chi connectivity index (χ0n) is 22.3. The molecule has 0 amide bonds. The van der Waals surface area contributed by atoms with Gasteiger partial charge in [-0.1, -0.05) is 55.8 Å². The van der Waals surface area contributed by atoms with Crippen molar-refractivity contribution in [1.82, 2.24) is 0 Å². The van der Waals surface area contributed by atoms with E-state index in [1.165, 1.54) is 56.1 Å². The van der Waals surface area contributed by atoms with Gasteiger partial charge in [0.2, 0.25) is 5.82 Å². The van der Waals surface area contributed by atoms with Crippen LogP contribution in [-0.2, 0) is 6.42 Å². The summed E-state index contributed by atoms with van der Waals surface area (Å²) < 4.78 is 34.1. The Bertz CT molecular complexity index is 964. The summed E-state index contributed by atoms with van der Waals surface area (Å²) in [4.78, 5) is 0. The summed E-state index contributed by atoms with van der Waals surface area (Å²) in [6.07, 6.45) is 18.9. The quantitative estimate of drug-likeness (QED) is 0.299. The van der Waals surface area contributed by atoms with E-state index in [1.54, 1.807) is 19.1 Å². The number of rotatable bonds is 10. The summed E-state index contributed by atoms with van der Waals surface area (Å²) in [5.74, 6) is 0.765. The number of aryl methyl sites for hydroxylation is 1. The molecule has 0 N–H and O–H groups in total. The van der Waals surface area contributed by atoms with E-state index in [0.717, 1.165) is 43.9 Å². The molecule has 2 aromatic carbocycles. The summed E-state index contributed by atoms with van der Waals surface area (Å²) in [5.41, 5.74) is 3.52. The number of hydrogen-bond acceptors (Lipinski definition) is 1. The monoisotopic (exact) mass is 494 g/mol. The Morgan fingerprint density at radius 2 is 1.50 bits per heavy atom. The lowest BCUT2D eigenvalue weighted by atomic mass is 9.76. The van der Waals surface area contributed by atoms with E-state index in [1.807, 2.05) is 0 Å².